The summed E-state index contributed by atoms with van der Waals surface area (Å²) < 4.78 is 8.49. The first-order valence-electron chi connectivity index (χ1n) is 13.9. The van der Waals surface area contributed by atoms with Crippen molar-refractivity contribution in [2.24, 2.45) is 0 Å². The van der Waals surface area contributed by atoms with E-state index >= 15 is 0 Å². The van der Waals surface area contributed by atoms with Crippen LogP contribution in [-0.2, 0) is 9.53 Å². The van der Waals surface area contributed by atoms with Crippen LogP contribution in [0.25, 0.3) is 11.1 Å². The van der Waals surface area contributed by atoms with Crippen molar-refractivity contribution in [3.8, 4) is 0 Å². The summed E-state index contributed by atoms with van der Waals surface area (Å²) in [5.41, 5.74) is 5.46. The number of ether oxygens (including phenoxy) is 1. The molecular formula is C37H36O2Se2. The number of benzene rings is 4. The Morgan fingerprint density at radius 3 is 1.88 bits per heavy atom. The van der Waals surface area contributed by atoms with Gasteiger partial charge in [0, 0.05) is 0 Å². The molecule has 0 N–H and O–H groups in total. The molecule has 0 saturated carbocycles. The van der Waals surface area contributed by atoms with Crippen LogP contribution in [0.1, 0.15) is 37.3 Å². The second-order valence-electron chi connectivity index (χ2n) is 9.47. The minimum absolute atomic E-state index is 0.0393. The second-order valence-corrected chi connectivity index (χ2v) is 13.9. The SMILES string of the molecule is C/C(=C\CCOC(=O)/C(=C/[Se]c1ccccc1)C/C(=C\CC[Se]c1ccccc1)c1ccccc1)c1ccccc1. The second kappa shape index (κ2) is 17.4. The molecule has 4 rings (SSSR count). The van der Waals surface area contributed by atoms with Crippen molar-refractivity contribution in [3.05, 3.63) is 155 Å². The molecule has 0 radical (unpaired) electrons. The molecule has 0 aromatic heterocycles. The summed E-state index contributed by atoms with van der Waals surface area (Å²) in [6.07, 6.45) is 6.70. The maximum absolute atomic E-state index is 13.4. The van der Waals surface area contributed by atoms with Crippen LogP contribution in [0.4, 0.5) is 0 Å². The number of carbonyl (C=O) groups is 1. The molecule has 0 bridgehead atoms. The van der Waals surface area contributed by atoms with E-state index < -0.39 is 0 Å². The normalized spacial score (nSPS) is 12.3. The van der Waals surface area contributed by atoms with Crippen molar-refractivity contribution in [2.45, 2.75) is 31.5 Å². The summed E-state index contributed by atoms with van der Waals surface area (Å²) in [4.78, 5) is 15.5. The van der Waals surface area contributed by atoms with Gasteiger partial charge in [-0.05, 0) is 0 Å². The van der Waals surface area contributed by atoms with Crippen molar-refractivity contribution in [1.82, 2.24) is 0 Å². The summed E-state index contributed by atoms with van der Waals surface area (Å²) in [5, 5.41) is 1.12. The van der Waals surface area contributed by atoms with E-state index in [1.807, 2.05) is 42.5 Å². The van der Waals surface area contributed by atoms with Crippen molar-refractivity contribution in [3.63, 3.8) is 0 Å². The van der Waals surface area contributed by atoms with Gasteiger partial charge in [-0.25, -0.2) is 0 Å². The van der Waals surface area contributed by atoms with Gasteiger partial charge >= 0.3 is 259 Å². The fourth-order valence-electron chi connectivity index (χ4n) is 4.21. The topological polar surface area (TPSA) is 26.3 Å². The molecule has 0 spiro atoms. The molecule has 2 nitrogen and oxygen atoms in total. The third-order valence-electron chi connectivity index (χ3n) is 6.42. The number of rotatable bonds is 14. The third-order valence-corrected chi connectivity index (χ3v) is 10.6. The summed E-state index contributed by atoms with van der Waals surface area (Å²) >= 11 is 0.469. The minimum atomic E-state index is -0.219. The Hall–Kier alpha value is -3.39. The van der Waals surface area contributed by atoms with E-state index in [1.54, 1.807) is 0 Å². The number of hydrogen-bond donors (Lipinski definition) is 0. The van der Waals surface area contributed by atoms with Gasteiger partial charge in [0.15, 0.2) is 0 Å². The summed E-state index contributed by atoms with van der Waals surface area (Å²) in [6.45, 7) is 2.46. The standard InChI is InChI=1S/C37H36O2Se2/c1-30(31-17-6-2-7-18-31)16-14-26-39-37(38)34(29-41-36-24-12-5-13-25-36)28-33(32-19-8-3-9-20-32)21-15-27-40-35-22-10-4-11-23-35/h2-13,16-25,29H,14-15,26-28H2,1H3/b30-16+,33-21+,34-29+. The van der Waals surface area contributed by atoms with Gasteiger partial charge < -0.3 is 0 Å². The van der Waals surface area contributed by atoms with E-state index in [2.05, 4.69) is 103 Å². The van der Waals surface area contributed by atoms with Gasteiger partial charge in [-0.3, -0.25) is 0 Å². The van der Waals surface area contributed by atoms with Crippen LogP contribution in [0, 0.1) is 0 Å². The molecule has 0 amide bonds. The first-order valence-corrected chi connectivity index (χ1v) is 17.8. The molecule has 4 heteroatoms. The summed E-state index contributed by atoms with van der Waals surface area (Å²) in [5.74, 6) is -0.219. The Morgan fingerprint density at radius 1 is 0.683 bits per heavy atom. The summed E-state index contributed by atoms with van der Waals surface area (Å²) in [7, 11) is 0. The molecule has 0 aliphatic carbocycles. The first-order chi connectivity index (χ1) is 20.2. The molecule has 41 heavy (non-hydrogen) atoms. The number of carbonyl (C=O) groups excluding carboxylic acids is 1. The van der Waals surface area contributed by atoms with Crippen LogP contribution >= 0.6 is 0 Å². The van der Waals surface area contributed by atoms with E-state index in [0.717, 1.165) is 22.9 Å². The molecule has 208 valence electrons. The van der Waals surface area contributed by atoms with E-state index in [4.69, 9.17) is 4.74 Å². The molecule has 4 aromatic carbocycles. The zero-order valence-electron chi connectivity index (χ0n) is 23.4. The van der Waals surface area contributed by atoms with Gasteiger partial charge in [-0.15, -0.1) is 0 Å². The predicted octanol–water partition coefficient (Wildman–Crippen LogP) is 7.25. The predicted molar refractivity (Wildman–Crippen MR) is 176 cm³/mol. The number of allylic oxidation sites excluding steroid dienone is 3. The molecular weight excluding hydrogens is 634 g/mol. The maximum atomic E-state index is 13.4. The van der Waals surface area contributed by atoms with Gasteiger partial charge in [0.1, 0.15) is 0 Å². The Kier molecular flexibility index (Phi) is 13.0. The fourth-order valence-corrected chi connectivity index (χ4v) is 7.56. The van der Waals surface area contributed by atoms with Crippen LogP contribution in [0.3, 0.4) is 0 Å². The Labute approximate surface area is 257 Å². The van der Waals surface area contributed by atoms with E-state index in [-0.39, 0.29) is 20.9 Å². The molecule has 0 unspecified atom stereocenters. The summed E-state index contributed by atoms with van der Waals surface area (Å²) in [6, 6.07) is 41.8. The van der Waals surface area contributed by atoms with E-state index in [0.29, 0.717) is 34.4 Å². The molecule has 0 heterocycles. The first kappa shape index (κ1) is 30.6. The Morgan fingerprint density at radius 2 is 1.24 bits per heavy atom. The van der Waals surface area contributed by atoms with E-state index in [1.165, 1.54) is 25.6 Å². The molecule has 4 aromatic rings. The quantitative estimate of drug-likeness (QED) is 0.0612. The molecule has 0 saturated heterocycles. The van der Waals surface area contributed by atoms with Crippen molar-refractivity contribution < 1.29 is 9.53 Å². The molecule has 0 aliphatic rings. The van der Waals surface area contributed by atoms with Crippen LogP contribution in [-0.4, -0.2) is 42.5 Å². The van der Waals surface area contributed by atoms with Crippen molar-refractivity contribution >= 4 is 56.0 Å². The molecule has 0 fully saturated rings. The average molecular weight is 671 g/mol. The van der Waals surface area contributed by atoms with Gasteiger partial charge in [0.2, 0.25) is 0 Å². The fraction of sp³-hybridized carbons (Fsp3) is 0.162. The Bertz CT molecular complexity index is 1430. The van der Waals surface area contributed by atoms with Crippen LogP contribution in [0.2, 0.25) is 5.32 Å². The monoisotopic (exact) mass is 672 g/mol. The number of esters is 1. The molecule has 0 aliphatic heterocycles. The van der Waals surface area contributed by atoms with Crippen molar-refractivity contribution in [1.29, 1.82) is 0 Å². The zero-order chi connectivity index (χ0) is 28.5. The van der Waals surface area contributed by atoms with E-state index in [9.17, 15) is 4.79 Å². The van der Waals surface area contributed by atoms with Crippen molar-refractivity contribution in [2.75, 3.05) is 6.61 Å². The van der Waals surface area contributed by atoms with Crippen LogP contribution in [0.5, 0.6) is 0 Å². The zero-order valence-corrected chi connectivity index (χ0v) is 26.9. The number of hydrogen-bond acceptors (Lipinski definition) is 2. The average Bonchev–Trinajstić information content (AvgIpc) is 3.04. The van der Waals surface area contributed by atoms with Crippen LogP contribution < -0.4 is 8.92 Å². The van der Waals surface area contributed by atoms with Gasteiger partial charge in [-0.1, -0.05) is 0 Å². The third kappa shape index (κ3) is 10.8. The Balaban J connectivity index is 1.46. The van der Waals surface area contributed by atoms with Crippen LogP contribution in [0.15, 0.2) is 144 Å². The van der Waals surface area contributed by atoms with Gasteiger partial charge in [0.05, 0.1) is 0 Å². The van der Waals surface area contributed by atoms with Gasteiger partial charge in [0.25, 0.3) is 0 Å². The molecule has 0 atom stereocenters. The van der Waals surface area contributed by atoms with Gasteiger partial charge in [-0.2, -0.15) is 0 Å².